The van der Waals surface area contributed by atoms with Crippen molar-refractivity contribution >= 4 is 29.0 Å². The van der Waals surface area contributed by atoms with Crippen LogP contribution in [0.4, 0.5) is 23.1 Å². The number of hydrogen-bond acceptors (Lipinski definition) is 9. The van der Waals surface area contributed by atoms with Crippen LogP contribution in [0.5, 0.6) is 0 Å². The van der Waals surface area contributed by atoms with E-state index in [0.29, 0.717) is 12.4 Å². The van der Waals surface area contributed by atoms with E-state index in [4.69, 9.17) is 0 Å². The van der Waals surface area contributed by atoms with Gasteiger partial charge >= 0.3 is 0 Å². The van der Waals surface area contributed by atoms with Gasteiger partial charge in [-0.25, -0.2) is 24.6 Å². The quantitative estimate of drug-likeness (QED) is 0.396. The molecule has 11 nitrogen and oxygen atoms in total. The van der Waals surface area contributed by atoms with Crippen LogP contribution in [-0.2, 0) is 4.79 Å². The number of amides is 1. The number of nitrogens with zero attached hydrogens (tertiary/aromatic N) is 9. The van der Waals surface area contributed by atoms with E-state index >= 15 is 0 Å². The molecule has 2 fully saturated rings. The summed E-state index contributed by atoms with van der Waals surface area (Å²) in [6.07, 6.45) is 4.81. The molecule has 0 aliphatic carbocycles. The molecule has 0 spiro atoms. The van der Waals surface area contributed by atoms with Crippen molar-refractivity contribution in [3.63, 3.8) is 0 Å². The van der Waals surface area contributed by atoms with Gasteiger partial charge in [-0.1, -0.05) is 18.2 Å². The van der Waals surface area contributed by atoms with Crippen molar-refractivity contribution in [3.8, 4) is 5.82 Å². The zero-order chi connectivity index (χ0) is 27.5. The molecule has 3 aromatic heterocycles. The highest BCUT2D eigenvalue weighted by molar-refractivity contribution is 5.92. The third-order valence-electron chi connectivity index (χ3n) is 7.61. The molecule has 0 saturated carbocycles. The maximum atomic E-state index is 13.3. The summed E-state index contributed by atoms with van der Waals surface area (Å²) in [4.78, 5) is 37.8. The SMILES string of the molecule is Cc1cc(C)n(-c2cc(N3CCCC(C(=O)Nc4cc(N5CCN(c6ccccc6)CC5)ncn4)C3)ncn2)n1. The molecule has 1 N–H and O–H groups in total. The maximum Gasteiger partial charge on any atom is 0.230 e. The normalized spacial score (nSPS) is 17.6. The maximum absolute atomic E-state index is 13.3. The molecule has 5 heterocycles. The molecule has 1 unspecified atom stereocenters. The Bertz CT molecular complexity index is 1460. The average molecular weight is 539 g/mol. The molecule has 1 atom stereocenters. The van der Waals surface area contributed by atoms with Gasteiger partial charge in [0.15, 0.2) is 5.82 Å². The van der Waals surface area contributed by atoms with Gasteiger partial charge in [-0.3, -0.25) is 4.79 Å². The Morgan fingerprint density at radius 1 is 0.800 bits per heavy atom. The average Bonchev–Trinajstić information content (AvgIpc) is 3.35. The van der Waals surface area contributed by atoms with Crippen molar-refractivity contribution in [1.82, 2.24) is 29.7 Å². The minimum Gasteiger partial charge on any atom is -0.368 e. The second-order valence-corrected chi connectivity index (χ2v) is 10.4. The van der Waals surface area contributed by atoms with Crippen LogP contribution >= 0.6 is 0 Å². The van der Waals surface area contributed by atoms with Gasteiger partial charge < -0.3 is 20.0 Å². The van der Waals surface area contributed by atoms with E-state index in [1.807, 2.05) is 42.8 Å². The predicted molar refractivity (Wildman–Crippen MR) is 155 cm³/mol. The van der Waals surface area contributed by atoms with Crippen LogP contribution in [0.2, 0.25) is 0 Å². The number of piperidine rings is 1. The molecule has 0 radical (unpaired) electrons. The van der Waals surface area contributed by atoms with Crippen molar-refractivity contribution in [2.45, 2.75) is 26.7 Å². The second kappa shape index (κ2) is 11.3. The first kappa shape index (κ1) is 25.7. The van der Waals surface area contributed by atoms with Crippen LogP contribution in [0, 0.1) is 19.8 Å². The highest BCUT2D eigenvalue weighted by atomic mass is 16.2. The molecule has 206 valence electrons. The van der Waals surface area contributed by atoms with Gasteiger partial charge in [-0.05, 0) is 44.9 Å². The number of piperazine rings is 1. The summed E-state index contributed by atoms with van der Waals surface area (Å²) in [6.45, 7) is 8.93. The smallest absolute Gasteiger partial charge is 0.230 e. The van der Waals surface area contributed by atoms with Crippen LogP contribution in [-0.4, -0.2) is 74.9 Å². The molecule has 1 aromatic carbocycles. The number of aromatic nitrogens is 6. The first-order valence-corrected chi connectivity index (χ1v) is 13.8. The Morgan fingerprint density at radius 2 is 1.50 bits per heavy atom. The zero-order valence-electron chi connectivity index (χ0n) is 22.9. The molecule has 0 bridgehead atoms. The topological polar surface area (TPSA) is 108 Å². The number of carbonyl (C=O) groups is 1. The van der Waals surface area contributed by atoms with E-state index in [-0.39, 0.29) is 11.8 Å². The number of benzene rings is 1. The minimum atomic E-state index is -0.173. The first-order valence-electron chi connectivity index (χ1n) is 13.8. The number of hydrogen-bond donors (Lipinski definition) is 1. The van der Waals surface area contributed by atoms with Gasteiger partial charge in [-0.2, -0.15) is 5.10 Å². The lowest BCUT2D eigenvalue weighted by molar-refractivity contribution is -0.120. The Labute approximate surface area is 233 Å². The standard InChI is InChI=1S/C29H34N10O/c1-21-15-22(2)39(35-21)28-17-27(32-20-33-28)38-10-6-7-23(18-38)29(40)34-25-16-26(31-19-30-25)37-13-11-36(12-14-37)24-8-4-3-5-9-24/h3-5,8-9,15-17,19-20,23H,6-7,10-14,18H2,1-2H3,(H,30,31,34,40). The Balaban J connectivity index is 1.08. The number of aryl methyl sites for hydroxylation is 2. The van der Waals surface area contributed by atoms with Gasteiger partial charge in [0.2, 0.25) is 5.91 Å². The Kier molecular flexibility index (Phi) is 7.26. The molecule has 2 aliphatic heterocycles. The highest BCUT2D eigenvalue weighted by Gasteiger charge is 2.28. The van der Waals surface area contributed by atoms with Gasteiger partial charge in [0.05, 0.1) is 11.6 Å². The summed E-state index contributed by atoms with van der Waals surface area (Å²) in [5.74, 6) is 2.69. The van der Waals surface area contributed by atoms with Crippen molar-refractivity contribution in [2.24, 2.45) is 5.92 Å². The third kappa shape index (κ3) is 5.58. The summed E-state index contributed by atoms with van der Waals surface area (Å²) in [5, 5.41) is 7.59. The fourth-order valence-electron chi connectivity index (χ4n) is 5.54. The molecule has 1 amide bonds. The summed E-state index contributed by atoms with van der Waals surface area (Å²) < 4.78 is 1.82. The van der Waals surface area contributed by atoms with Crippen LogP contribution in [0.1, 0.15) is 24.2 Å². The summed E-state index contributed by atoms with van der Waals surface area (Å²) in [7, 11) is 0. The van der Waals surface area contributed by atoms with E-state index < -0.39 is 0 Å². The lowest BCUT2D eigenvalue weighted by Crippen LogP contribution is -2.46. The Morgan fingerprint density at radius 3 is 2.25 bits per heavy atom. The molecule has 6 rings (SSSR count). The predicted octanol–water partition coefficient (Wildman–Crippen LogP) is 3.25. The fraction of sp³-hybridized carbons (Fsp3) is 0.379. The van der Waals surface area contributed by atoms with Crippen LogP contribution in [0.25, 0.3) is 5.82 Å². The lowest BCUT2D eigenvalue weighted by atomic mass is 9.97. The summed E-state index contributed by atoms with van der Waals surface area (Å²) >= 11 is 0. The van der Waals surface area contributed by atoms with Crippen molar-refractivity contribution in [1.29, 1.82) is 0 Å². The van der Waals surface area contributed by atoms with Gasteiger partial charge in [0.1, 0.15) is 30.1 Å². The van der Waals surface area contributed by atoms with Crippen molar-refractivity contribution in [3.05, 3.63) is 72.6 Å². The van der Waals surface area contributed by atoms with E-state index in [2.05, 4.69) is 69.3 Å². The monoisotopic (exact) mass is 538 g/mol. The number of rotatable bonds is 6. The minimum absolute atomic E-state index is 0.0314. The number of para-hydroxylation sites is 1. The molecular formula is C29H34N10O. The summed E-state index contributed by atoms with van der Waals surface area (Å²) in [5.41, 5.74) is 3.19. The molecular weight excluding hydrogens is 504 g/mol. The molecule has 2 aliphatic rings. The van der Waals surface area contributed by atoms with Gasteiger partial charge in [-0.15, -0.1) is 0 Å². The van der Waals surface area contributed by atoms with Crippen molar-refractivity contribution in [2.75, 3.05) is 59.3 Å². The van der Waals surface area contributed by atoms with E-state index in [1.165, 1.54) is 12.0 Å². The van der Waals surface area contributed by atoms with E-state index in [0.717, 1.165) is 74.4 Å². The molecule has 40 heavy (non-hydrogen) atoms. The van der Waals surface area contributed by atoms with Crippen molar-refractivity contribution < 1.29 is 4.79 Å². The molecule has 2 saturated heterocycles. The Hall–Kier alpha value is -4.54. The van der Waals surface area contributed by atoms with E-state index in [1.54, 1.807) is 6.33 Å². The zero-order valence-corrected chi connectivity index (χ0v) is 22.9. The summed E-state index contributed by atoms with van der Waals surface area (Å²) in [6, 6.07) is 16.3. The van der Waals surface area contributed by atoms with Crippen LogP contribution < -0.4 is 20.0 Å². The van der Waals surface area contributed by atoms with Gasteiger partial charge in [0, 0.05) is 62.8 Å². The molecule has 11 heteroatoms. The second-order valence-electron chi connectivity index (χ2n) is 10.4. The molecule has 4 aromatic rings. The highest BCUT2D eigenvalue weighted by Crippen LogP contribution is 2.25. The fourth-order valence-corrected chi connectivity index (χ4v) is 5.54. The van der Waals surface area contributed by atoms with Crippen LogP contribution in [0.3, 0.4) is 0 Å². The number of nitrogens with one attached hydrogen (secondary N) is 1. The first-order chi connectivity index (χ1) is 19.5. The lowest BCUT2D eigenvalue weighted by Gasteiger charge is -2.36. The van der Waals surface area contributed by atoms with Gasteiger partial charge in [0.25, 0.3) is 0 Å². The largest absolute Gasteiger partial charge is 0.368 e. The number of anilines is 4. The van der Waals surface area contributed by atoms with Crippen LogP contribution in [0.15, 0.2) is 61.2 Å². The number of carbonyl (C=O) groups excluding carboxylic acids is 1. The van der Waals surface area contributed by atoms with E-state index in [9.17, 15) is 4.79 Å². The third-order valence-corrected chi connectivity index (χ3v) is 7.61.